The van der Waals surface area contributed by atoms with Crippen LogP contribution < -0.4 is 9.80 Å². The van der Waals surface area contributed by atoms with E-state index in [1.54, 1.807) is 0 Å². The van der Waals surface area contributed by atoms with Crippen LogP contribution in [0.5, 0.6) is 0 Å². The molecule has 0 aromatic heterocycles. The van der Waals surface area contributed by atoms with Crippen molar-refractivity contribution in [1.82, 2.24) is 0 Å². The molecule has 372 valence electrons. The number of anilines is 6. The summed E-state index contributed by atoms with van der Waals surface area (Å²) in [5, 5.41) is 2.41. The van der Waals surface area contributed by atoms with E-state index in [1.165, 1.54) is 66.4 Å². The maximum absolute atomic E-state index is 2.45. The third-order valence-corrected chi connectivity index (χ3v) is 15.9. The van der Waals surface area contributed by atoms with E-state index in [1.807, 2.05) is 0 Å². The summed E-state index contributed by atoms with van der Waals surface area (Å²) < 4.78 is 0. The molecule has 0 heterocycles. The van der Waals surface area contributed by atoms with Gasteiger partial charge in [-0.25, -0.2) is 0 Å². The van der Waals surface area contributed by atoms with Crippen molar-refractivity contribution >= 4 is 44.9 Å². The fourth-order valence-corrected chi connectivity index (χ4v) is 12.4. The minimum Gasteiger partial charge on any atom is -0.310 e. The standard InChI is InChI=1S/C77H54N2/c1-7-24-56(25-8-1)70-54-73(59-44-48-65(49-45-59)79(63-36-17-6-18-37-63)76-41-23-29-55-28-19-20-38-67(55)76)71(57-26-9-2-10-27-57)53-72(70)58-42-46-64(47-43-58)78(62-34-15-5-16-35-62)66-50-51-69-68-39-21-22-40-74(68)77(75(69)52-66,60-30-11-3-12-31-60)61-32-13-4-14-33-61/h1-54H. The highest BCUT2D eigenvalue weighted by Crippen LogP contribution is 2.57. The molecule has 79 heavy (non-hydrogen) atoms. The van der Waals surface area contributed by atoms with Gasteiger partial charge in [-0.1, -0.05) is 249 Å². The molecule has 0 bridgehead atoms. The van der Waals surface area contributed by atoms with Crippen molar-refractivity contribution < 1.29 is 0 Å². The van der Waals surface area contributed by atoms with Crippen molar-refractivity contribution in [1.29, 1.82) is 0 Å². The van der Waals surface area contributed by atoms with E-state index in [-0.39, 0.29) is 0 Å². The van der Waals surface area contributed by atoms with Crippen LogP contribution in [-0.2, 0) is 5.41 Å². The molecule has 0 aliphatic heterocycles. The predicted octanol–water partition coefficient (Wildman–Crippen LogP) is 20.8. The second-order valence-electron chi connectivity index (χ2n) is 20.4. The quantitative estimate of drug-likeness (QED) is 0.120. The first-order valence-corrected chi connectivity index (χ1v) is 27.2. The van der Waals surface area contributed by atoms with E-state index in [0.717, 1.165) is 56.4 Å². The Hall–Kier alpha value is -10.3. The van der Waals surface area contributed by atoms with E-state index in [4.69, 9.17) is 0 Å². The van der Waals surface area contributed by atoms with E-state index in [0.29, 0.717) is 0 Å². The van der Waals surface area contributed by atoms with Crippen LogP contribution in [0.25, 0.3) is 66.4 Å². The van der Waals surface area contributed by atoms with Crippen molar-refractivity contribution in [3.05, 3.63) is 350 Å². The topological polar surface area (TPSA) is 6.48 Å². The molecule has 0 fully saturated rings. The Kier molecular flexibility index (Phi) is 12.2. The molecule has 14 rings (SSSR count). The minimum absolute atomic E-state index is 0.519. The summed E-state index contributed by atoms with van der Waals surface area (Å²) in [5.41, 5.74) is 23.0. The van der Waals surface area contributed by atoms with Crippen LogP contribution in [-0.4, -0.2) is 0 Å². The number of benzene rings is 13. The average Bonchev–Trinajstić information content (AvgIpc) is 4.11. The highest BCUT2D eigenvalue weighted by Gasteiger charge is 2.46. The number of fused-ring (bicyclic) bond motifs is 4. The average molecular weight is 1010 g/mol. The molecule has 0 saturated heterocycles. The summed E-state index contributed by atoms with van der Waals surface area (Å²) in [6, 6.07) is 120. The fourth-order valence-electron chi connectivity index (χ4n) is 12.4. The molecule has 0 amide bonds. The molecule has 13 aromatic rings. The maximum atomic E-state index is 2.45. The van der Waals surface area contributed by atoms with Crippen LogP contribution >= 0.6 is 0 Å². The zero-order valence-corrected chi connectivity index (χ0v) is 43.6. The number of para-hydroxylation sites is 2. The third-order valence-electron chi connectivity index (χ3n) is 15.9. The number of hydrogen-bond donors (Lipinski definition) is 0. The first-order valence-electron chi connectivity index (χ1n) is 27.2. The lowest BCUT2D eigenvalue weighted by Crippen LogP contribution is -2.28. The second kappa shape index (κ2) is 20.3. The molecule has 0 atom stereocenters. The second-order valence-corrected chi connectivity index (χ2v) is 20.4. The minimum atomic E-state index is -0.519. The van der Waals surface area contributed by atoms with Gasteiger partial charge >= 0.3 is 0 Å². The van der Waals surface area contributed by atoms with Crippen LogP contribution in [0.2, 0.25) is 0 Å². The van der Waals surface area contributed by atoms with Gasteiger partial charge in [-0.2, -0.15) is 0 Å². The summed E-state index contributed by atoms with van der Waals surface area (Å²) in [6.45, 7) is 0. The predicted molar refractivity (Wildman–Crippen MR) is 332 cm³/mol. The fraction of sp³-hybridized carbons (Fsp3) is 0.0130. The molecule has 1 aliphatic rings. The Morgan fingerprint density at radius 3 is 1.14 bits per heavy atom. The first-order chi connectivity index (χ1) is 39.2. The Bertz CT molecular complexity index is 4210. The summed E-state index contributed by atoms with van der Waals surface area (Å²) in [6.07, 6.45) is 0. The van der Waals surface area contributed by atoms with Gasteiger partial charge in [0.25, 0.3) is 0 Å². The molecule has 0 unspecified atom stereocenters. The lowest BCUT2D eigenvalue weighted by atomic mass is 9.67. The lowest BCUT2D eigenvalue weighted by molar-refractivity contribution is 0.768. The number of rotatable bonds is 12. The van der Waals surface area contributed by atoms with Gasteiger partial charge in [0.05, 0.1) is 11.1 Å². The van der Waals surface area contributed by atoms with Gasteiger partial charge in [0, 0.05) is 33.8 Å². The SMILES string of the molecule is c1ccc(-c2cc(-c3ccc(N(c4ccccc4)c4cccc5ccccc45)cc3)c(-c3ccccc3)cc2-c2ccc(N(c3ccccc3)c3ccc4c(c3)C(c3ccccc3)(c3ccccc3)c3ccccc3-4)cc2)cc1. The van der Waals surface area contributed by atoms with Crippen LogP contribution in [0.3, 0.4) is 0 Å². The monoisotopic (exact) mass is 1010 g/mol. The van der Waals surface area contributed by atoms with Gasteiger partial charge in [-0.3, -0.25) is 0 Å². The van der Waals surface area contributed by atoms with Crippen LogP contribution in [0.4, 0.5) is 34.1 Å². The Balaban J connectivity index is 0.900. The molecule has 0 spiro atoms. The van der Waals surface area contributed by atoms with Gasteiger partial charge in [-0.15, -0.1) is 0 Å². The lowest BCUT2D eigenvalue weighted by Gasteiger charge is -2.35. The van der Waals surface area contributed by atoms with E-state index in [2.05, 4.69) is 337 Å². The van der Waals surface area contributed by atoms with Crippen molar-refractivity contribution in [2.45, 2.75) is 5.41 Å². The highest BCUT2D eigenvalue weighted by atomic mass is 15.1. The Morgan fingerprint density at radius 2 is 0.595 bits per heavy atom. The molecule has 2 heteroatoms. The van der Waals surface area contributed by atoms with Gasteiger partial charge in [-0.05, 0) is 162 Å². The molecule has 0 radical (unpaired) electrons. The molecule has 1 aliphatic carbocycles. The Labute approximate surface area is 463 Å². The van der Waals surface area contributed by atoms with Gasteiger partial charge < -0.3 is 9.80 Å². The zero-order chi connectivity index (χ0) is 52.5. The van der Waals surface area contributed by atoms with E-state index in [9.17, 15) is 0 Å². The Morgan fingerprint density at radius 1 is 0.215 bits per heavy atom. The van der Waals surface area contributed by atoms with Gasteiger partial charge in [0.1, 0.15) is 0 Å². The normalized spacial score (nSPS) is 12.2. The molecule has 13 aromatic carbocycles. The summed E-state index contributed by atoms with van der Waals surface area (Å²) >= 11 is 0. The van der Waals surface area contributed by atoms with E-state index >= 15 is 0 Å². The number of nitrogens with zero attached hydrogens (tertiary/aromatic N) is 2. The van der Waals surface area contributed by atoms with E-state index < -0.39 is 5.41 Å². The third kappa shape index (κ3) is 8.39. The van der Waals surface area contributed by atoms with Crippen molar-refractivity contribution in [2.24, 2.45) is 0 Å². The summed E-state index contributed by atoms with van der Waals surface area (Å²) in [7, 11) is 0. The summed E-state index contributed by atoms with van der Waals surface area (Å²) in [4.78, 5) is 4.78. The van der Waals surface area contributed by atoms with Crippen LogP contribution in [0, 0.1) is 0 Å². The van der Waals surface area contributed by atoms with Crippen LogP contribution in [0.1, 0.15) is 22.3 Å². The molecule has 2 nitrogen and oxygen atoms in total. The van der Waals surface area contributed by atoms with Crippen molar-refractivity contribution in [2.75, 3.05) is 9.80 Å². The molecular formula is C77H54N2. The summed E-state index contributed by atoms with van der Waals surface area (Å²) in [5.74, 6) is 0. The highest BCUT2D eigenvalue weighted by molar-refractivity contribution is 6.00. The molecule has 0 N–H and O–H groups in total. The number of hydrogen-bond acceptors (Lipinski definition) is 2. The largest absolute Gasteiger partial charge is 0.310 e. The smallest absolute Gasteiger partial charge is 0.0714 e. The van der Waals surface area contributed by atoms with Crippen molar-refractivity contribution in [3.63, 3.8) is 0 Å². The zero-order valence-electron chi connectivity index (χ0n) is 43.6. The first kappa shape index (κ1) is 47.2. The molecular weight excluding hydrogens is 953 g/mol. The van der Waals surface area contributed by atoms with Crippen molar-refractivity contribution in [3.8, 4) is 55.6 Å². The van der Waals surface area contributed by atoms with Gasteiger partial charge in [0.2, 0.25) is 0 Å². The molecule has 0 saturated carbocycles. The van der Waals surface area contributed by atoms with Gasteiger partial charge in [0.15, 0.2) is 0 Å². The van der Waals surface area contributed by atoms with Crippen LogP contribution in [0.15, 0.2) is 328 Å². The maximum Gasteiger partial charge on any atom is 0.0714 e.